The largest absolute Gasteiger partial charge is 0.341 e. The molecule has 31 heavy (non-hydrogen) atoms. The Labute approximate surface area is 187 Å². The van der Waals surface area contributed by atoms with Crippen LogP contribution in [0.1, 0.15) is 45.6 Å². The summed E-state index contributed by atoms with van der Waals surface area (Å²) < 4.78 is 2.28. The number of nitrogens with one attached hydrogen (secondary N) is 1. The number of thioether (sulfide) groups is 1. The molecule has 1 aliphatic heterocycles. The van der Waals surface area contributed by atoms with Crippen molar-refractivity contribution in [3.63, 3.8) is 0 Å². The van der Waals surface area contributed by atoms with Gasteiger partial charge in [-0.15, -0.1) is 10.2 Å². The number of nitrogens with zero attached hydrogens (tertiary/aromatic N) is 4. The van der Waals surface area contributed by atoms with E-state index in [-0.39, 0.29) is 11.2 Å². The van der Waals surface area contributed by atoms with Gasteiger partial charge < -0.3 is 10.2 Å². The summed E-state index contributed by atoms with van der Waals surface area (Å²) >= 11 is 1.51. The highest BCUT2D eigenvalue weighted by atomic mass is 32.2. The van der Waals surface area contributed by atoms with Crippen LogP contribution in [0.4, 0.5) is 11.6 Å². The van der Waals surface area contributed by atoms with Gasteiger partial charge in [0.1, 0.15) is 0 Å². The van der Waals surface area contributed by atoms with E-state index in [9.17, 15) is 4.79 Å². The molecule has 1 amide bonds. The highest BCUT2D eigenvalue weighted by molar-refractivity contribution is 8.00. The average molecular weight is 436 g/mol. The highest BCUT2D eigenvalue weighted by Crippen LogP contribution is 2.42. The lowest BCUT2D eigenvalue weighted by molar-refractivity contribution is -0.115. The van der Waals surface area contributed by atoms with E-state index in [0.29, 0.717) is 6.04 Å². The van der Waals surface area contributed by atoms with E-state index >= 15 is 0 Å². The van der Waals surface area contributed by atoms with Crippen LogP contribution in [0.15, 0.2) is 47.6 Å². The van der Waals surface area contributed by atoms with E-state index in [4.69, 9.17) is 0 Å². The Balaban J connectivity index is 1.29. The van der Waals surface area contributed by atoms with Crippen molar-refractivity contribution in [1.82, 2.24) is 14.8 Å². The SMILES string of the molecule is CC1CCN(c2nnc(SC(C)C(=O)Nc3ccc4ccccc4c3)n2C2CC2)CC1. The molecule has 5 rings (SSSR count). The number of fused-ring (bicyclic) bond motifs is 1. The van der Waals surface area contributed by atoms with E-state index < -0.39 is 0 Å². The number of aromatic nitrogens is 3. The lowest BCUT2D eigenvalue weighted by atomic mass is 10.00. The summed E-state index contributed by atoms with van der Waals surface area (Å²) in [4.78, 5) is 15.3. The summed E-state index contributed by atoms with van der Waals surface area (Å²) in [6.45, 7) is 6.33. The zero-order valence-electron chi connectivity index (χ0n) is 18.1. The molecule has 0 radical (unpaired) electrons. The van der Waals surface area contributed by atoms with Crippen molar-refractivity contribution in [3.05, 3.63) is 42.5 Å². The van der Waals surface area contributed by atoms with Gasteiger partial charge in [-0.25, -0.2) is 0 Å². The molecule has 1 aromatic heterocycles. The summed E-state index contributed by atoms with van der Waals surface area (Å²) in [7, 11) is 0. The summed E-state index contributed by atoms with van der Waals surface area (Å²) in [5.74, 6) is 1.75. The molecule has 2 heterocycles. The smallest absolute Gasteiger partial charge is 0.237 e. The van der Waals surface area contributed by atoms with Crippen molar-refractivity contribution in [2.24, 2.45) is 5.92 Å². The Kier molecular flexibility index (Phi) is 5.61. The first-order valence-electron chi connectivity index (χ1n) is 11.2. The number of hydrogen-bond acceptors (Lipinski definition) is 5. The van der Waals surface area contributed by atoms with Crippen molar-refractivity contribution in [2.75, 3.05) is 23.3 Å². The molecule has 1 saturated carbocycles. The molecule has 2 fully saturated rings. The second-order valence-electron chi connectivity index (χ2n) is 8.86. The third-order valence-corrected chi connectivity index (χ3v) is 7.35. The Morgan fingerprint density at radius 1 is 1.06 bits per heavy atom. The predicted molar refractivity (Wildman–Crippen MR) is 127 cm³/mol. The summed E-state index contributed by atoms with van der Waals surface area (Å²) in [6.07, 6.45) is 4.73. The van der Waals surface area contributed by atoms with Crippen molar-refractivity contribution in [2.45, 2.75) is 56.0 Å². The van der Waals surface area contributed by atoms with E-state index in [2.05, 4.69) is 44.0 Å². The van der Waals surface area contributed by atoms with Crippen LogP contribution in [0.2, 0.25) is 0 Å². The maximum absolute atomic E-state index is 12.9. The van der Waals surface area contributed by atoms with Crippen LogP contribution in [0.25, 0.3) is 10.8 Å². The first-order valence-corrected chi connectivity index (χ1v) is 12.1. The highest BCUT2D eigenvalue weighted by Gasteiger charge is 2.33. The van der Waals surface area contributed by atoms with Gasteiger partial charge in [0, 0.05) is 24.8 Å². The molecular formula is C24H29N5OS. The number of rotatable bonds is 6. The van der Waals surface area contributed by atoms with Crippen LogP contribution in [0.5, 0.6) is 0 Å². The molecule has 1 unspecified atom stereocenters. The van der Waals surface area contributed by atoms with Crippen molar-refractivity contribution >= 4 is 40.1 Å². The van der Waals surface area contributed by atoms with E-state index in [1.807, 2.05) is 37.3 Å². The van der Waals surface area contributed by atoms with Crippen LogP contribution < -0.4 is 10.2 Å². The third kappa shape index (κ3) is 4.42. The Morgan fingerprint density at radius 3 is 2.55 bits per heavy atom. The zero-order valence-corrected chi connectivity index (χ0v) is 18.9. The summed E-state index contributed by atoms with van der Waals surface area (Å²) in [5.41, 5.74) is 0.822. The average Bonchev–Trinajstić information content (AvgIpc) is 3.54. The molecule has 7 heteroatoms. The fourth-order valence-electron chi connectivity index (χ4n) is 4.15. The van der Waals surface area contributed by atoms with E-state index in [1.165, 1.54) is 42.8 Å². The molecule has 6 nitrogen and oxygen atoms in total. The standard InChI is InChI=1S/C24H29N5OS/c1-16-11-13-28(14-12-16)23-26-27-24(29(23)21-9-10-21)31-17(2)22(30)25-20-8-7-18-5-3-4-6-19(18)15-20/h3-8,15-17,21H,9-14H2,1-2H3,(H,25,30). The van der Waals surface area contributed by atoms with E-state index in [1.54, 1.807) is 0 Å². The monoisotopic (exact) mass is 435 g/mol. The minimum atomic E-state index is -0.262. The molecule has 1 N–H and O–H groups in total. The Morgan fingerprint density at radius 2 is 1.81 bits per heavy atom. The normalized spacial score (nSPS) is 18.3. The first-order chi connectivity index (χ1) is 15.1. The minimum absolute atomic E-state index is 0.0148. The van der Waals surface area contributed by atoms with Crippen LogP contribution >= 0.6 is 11.8 Å². The Hall–Kier alpha value is -2.54. The zero-order chi connectivity index (χ0) is 21.4. The molecule has 162 valence electrons. The van der Waals surface area contributed by atoms with Crippen LogP contribution in [0.3, 0.4) is 0 Å². The number of benzene rings is 2. The lowest BCUT2D eigenvalue weighted by Gasteiger charge is -2.31. The van der Waals surface area contributed by atoms with Crippen molar-refractivity contribution in [3.8, 4) is 0 Å². The molecule has 1 atom stereocenters. The molecule has 2 aromatic carbocycles. The topological polar surface area (TPSA) is 63.1 Å². The molecule has 1 saturated heterocycles. The number of piperidine rings is 1. The van der Waals surface area contributed by atoms with Gasteiger partial charge in [-0.2, -0.15) is 0 Å². The molecule has 0 bridgehead atoms. The van der Waals surface area contributed by atoms with E-state index in [0.717, 1.165) is 41.2 Å². The summed E-state index contributed by atoms with van der Waals surface area (Å²) in [5, 5.41) is 15.0. The quantitative estimate of drug-likeness (QED) is 0.545. The summed E-state index contributed by atoms with van der Waals surface area (Å²) in [6, 6.07) is 14.7. The second kappa shape index (κ2) is 8.54. The second-order valence-corrected chi connectivity index (χ2v) is 10.2. The number of hydrogen-bond donors (Lipinski definition) is 1. The lowest BCUT2D eigenvalue weighted by Crippen LogP contribution is -2.34. The number of carbonyl (C=O) groups excluding carboxylic acids is 1. The molecule has 2 aliphatic rings. The van der Waals surface area contributed by atoms with Crippen LogP contribution in [-0.2, 0) is 4.79 Å². The maximum Gasteiger partial charge on any atom is 0.237 e. The molecule has 3 aromatic rings. The van der Waals surface area contributed by atoms with Crippen molar-refractivity contribution < 1.29 is 4.79 Å². The molecule has 0 spiro atoms. The van der Waals surface area contributed by atoms with Gasteiger partial charge in [0.25, 0.3) is 0 Å². The fraction of sp³-hybridized carbons (Fsp3) is 0.458. The van der Waals surface area contributed by atoms with Gasteiger partial charge in [0.05, 0.1) is 5.25 Å². The van der Waals surface area contributed by atoms with Crippen LogP contribution in [0, 0.1) is 5.92 Å². The van der Waals surface area contributed by atoms with Crippen LogP contribution in [-0.4, -0.2) is 39.0 Å². The van der Waals surface area contributed by atoms with Gasteiger partial charge >= 0.3 is 0 Å². The first kappa shape index (κ1) is 20.4. The van der Waals surface area contributed by atoms with Gasteiger partial charge in [-0.05, 0) is 61.4 Å². The molecular weight excluding hydrogens is 406 g/mol. The minimum Gasteiger partial charge on any atom is -0.341 e. The van der Waals surface area contributed by atoms with Gasteiger partial charge in [-0.3, -0.25) is 9.36 Å². The number of amides is 1. The number of anilines is 2. The predicted octanol–water partition coefficient (Wildman–Crippen LogP) is 5.12. The fourth-order valence-corrected chi connectivity index (χ4v) is 5.06. The molecule has 1 aliphatic carbocycles. The number of carbonyl (C=O) groups is 1. The Bertz CT molecular complexity index is 1080. The third-order valence-electron chi connectivity index (χ3n) is 6.29. The van der Waals surface area contributed by atoms with Gasteiger partial charge in [0.15, 0.2) is 5.16 Å². The van der Waals surface area contributed by atoms with Gasteiger partial charge in [0.2, 0.25) is 11.9 Å². The maximum atomic E-state index is 12.9. The van der Waals surface area contributed by atoms with Crippen molar-refractivity contribution in [1.29, 1.82) is 0 Å². The van der Waals surface area contributed by atoms with Gasteiger partial charge in [-0.1, -0.05) is 49.0 Å².